The number of alkyl halides is 8. The Morgan fingerprint density at radius 2 is 0.735 bits per heavy atom. The van der Waals surface area contributed by atoms with Crippen molar-refractivity contribution in [3.8, 4) is 0 Å². The highest BCUT2D eigenvalue weighted by molar-refractivity contribution is 7.90. The van der Waals surface area contributed by atoms with Crippen LogP contribution in [0.15, 0.2) is 46.2 Å². The number of esters is 5. The van der Waals surface area contributed by atoms with Gasteiger partial charge in [0.05, 0.1) is 51.9 Å². The summed E-state index contributed by atoms with van der Waals surface area (Å²) in [5.74, 6) is -4.99. The van der Waals surface area contributed by atoms with Gasteiger partial charge >= 0.3 is 71.8 Å². The second-order valence-electron chi connectivity index (χ2n) is 34.6. The van der Waals surface area contributed by atoms with E-state index in [0.717, 1.165) is 153 Å². The summed E-state index contributed by atoms with van der Waals surface area (Å²) in [6.45, 7) is 3.15. The lowest BCUT2D eigenvalue weighted by molar-refractivity contribution is -0.246. The number of halogens is 8. The molecule has 0 atom stereocenters. The fraction of sp³-hybridized carbons (Fsp3) is 0.773. The summed E-state index contributed by atoms with van der Waals surface area (Å²) in [4.78, 5) is 62.3. The molecule has 0 spiro atoms. The lowest BCUT2D eigenvalue weighted by Crippen LogP contribution is -2.63. The molecule has 25 nitrogen and oxygen atoms in total. The summed E-state index contributed by atoms with van der Waals surface area (Å²) in [6, 6.07) is 6.91. The predicted octanol–water partition coefficient (Wildman–Crippen LogP) is 14.6. The SMILES string of the molecule is CC1(OC(=O)c2cc(C(=O)OC3(C)C4CC5CC(C4)CC3C5)cc(S(=O)(=O)O)c2)C2CC3CC(C2)CC1C3.O=C(OCC12CC3CC(CC(C3)C1)C2)C(F)(F)S(=O)(=O)O.O=C(OCCC1CCCCC1)c1cc(C(=O)OCCC2CCCCC2)cc(S(=O)(=O)O)c1.O=S(=O)(O)C(F)(F)C(F)(F)C(F)(F)S(=O)(=O)N1CCCCC1. The Kier molecular flexibility index (Phi) is 26.3. The Morgan fingerprint density at radius 3 is 1.05 bits per heavy atom. The molecule has 12 bridgehead atoms. The zero-order valence-corrected chi connectivity index (χ0v) is 67.0. The van der Waals surface area contributed by atoms with Crippen LogP contribution >= 0.6 is 0 Å². The Bertz CT molecular complexity index is 4240. The maximum Gasteiger partial charge on any atom is 0.465 e. The first-order valence-corrected chi connectivity index (χ1v) is 46.3. The fourth-order valence-electron chi connectivity index (χ4n) is 21.4. The molecule has 14 saturated carbocycles. The van der Waals surface area contributed by atoms with Crippen LogP contribution in [0.3, 0.4) is 0 Å². The van der Waals surface area contributed by atoms with Crippen LogP contribution in [-0.4, -0.2) is 160 Å². The highest BCUT2D eigenvalue weighted by Gasteiger charge is 2.83. The minimum absolute atomic E-state index is 0.0441. The molecule has 2 aromatic rings. The van der Waals surface area contributed by atoms with Gasteiger partial charge in [-0.15, -0.1) is 0 Å². The largest absolute Gasteiger partial charge is 0.465 e. The lowest BCUT2D eigenvalue weighted by atomic mass is 9.50. The first-order valence-electron chi connectivity index (χ1n) is 39.1. The number of hydrogen-bond donors (Lipinski definition) is 4. The Balaban J connectivity index is 0.000000154. The Labute approximate surface area is 653 Å². The van der Waals surface area contributed by atoms with Gasteiger partial charge in [-0.05, 0) is 256 Å². The summed E-state index contributed by atoms with van der Waals surface area (Å²) in [7, 11) is -28.3. The van der Waals surface area contributed by atoms with Crippen molar-refractivity contribution in [1.82, 2.24) is 4.31 Å². The van der Waals surface area contributed by atoms with Crippen molar-refractivity contribution < 1.29 is 143 Å². The highest BCUT2D eigenvalue weighted by atomic mass is 32.2. The van der Waals surface area contributed by atoms with Crippen molar-refractivity contribution in [3.63, 3.8) is 0 Å². The Morgan fingerprint density at radius 1 is 0.416 bits per heavy atom. The van der Waals surface area contributed by atoms with Crippen LogP contribution in [-0.2, 0) is 79.0 Å². The van der Waals surface area contributed by atoms with Gasteiger partial charge in [0.2, 0.25) is 0 Å². The second kappa shape index (κ2) is 33.5. The molecule has 15 aliphatic rings. The summed E-state index contributed by atoms with van der Waals surface area (Å²) in [6.07, 6.45) is 30.9. The molecule has 38 heteroatoms. The molecule has 14 aliphatic carbocycles. The van der Waals surface area contributed by atoms with Crippen LogP contribution in [0.5, 0.6) is 0 Å². The molecule has 15 fully saturated rings. The van der Waals surface area contributed by atoms with Gasteiger partial charge in [0.1, 0.15) is 11.2 Å². The average molecular weight is 1710 g/mol. The molecule has 0 radical (unpaired) electrons. The normalized spacial score (nSPS) is 31.2. The van der Waals surface area contributed by atoms with E-state index in [1.54, 1.807) is 0 Å². The molecular weight excluding hydrogens is 1610 g/mol. The van der Waals surface area contributed by atoms with Gasteiger partial charge in [0, 0.05) is 18.5 Å². The van der Waals surface area contributed by atoms with Crippen LogP contribution in [0.1, 0.15) is 254 Å². The zero-order valence-electron chi connectivity index (χ0n) is 62.9. The third-order valence-corrected chi connectivity index (χ3v) is 32.1. The topological polar surface area (TPSA) is 386 Å². The van der Waals surface area contributed by atoms with Crippen molar-refractivity contribution in [2.45, 2.75) is 256 Å². The number of nitrogens with zero attached hydrogens (tertiary/aromatic N) is 1. The molecule has 636 valence electrons. The number of hydrogen-bond acceptors (Lipinski definition) is 20. The summed E-state index contributed by atoms with van der Waals surface area (Å²) >= 11 is 0. The fourth-order valence-corrected chi connectivity index (χ4v) is 24.9. The summed E-state index contributed by atoms with van der Waals surface area (Å²) in [5.41, 5.74) is -1.76. The van der Waals surface area contributed by atoms with Crippen molar-refractivity contribution >= 4 is 80.3 Å². The Hall–Kier alpha value is -5.22. The van der Waals surface area contributed by atoms with Crippen LogP contribution < -0.4 is 0 Å². The molecule has 1 aliphatic heterocycles. The first-order chi connectivity index (χ1) is 52.4. The van der Waals surface area contributed by atoms with Crippen LogP contribution in [0, 0.1) is 82.3 Å². The molecule has 0 unspecified atom stereocenters. The van der Waals surface area contributed by atoms with Gasteiger partial charge in [0.15, 0.2) is 0 Å². The van der Waals surface area contributed by atoms with Gasteiger partial charge in [-0.1, -0.05) is 70.6 Å². The van der Waals surface area contributed by atoms with Gasteiger partial charge < -0.3 is 23.7 Å². The monoisotopic (exact) mass is 1710 g/mol. The first kappa shape index (κ1) is 88.6. The molecular formula is C75H101F8NO24S5. The minimum Gasteiger partial charge on any atom is -0.462 e. The summed E-state index contributed by atoms with van der Waals surface area (Å²) in [5, 5.41) is -18.0. The van der Waals surface area contributed by atoms with E-state index < -0.39 is 136 Å². The van der Waals surface area contributed by atoms with Gasteiger partial charge in [0.25, 0.3) is 30.3 Å². The third-order valence-electron chi connectivity index (χ3n) is 26.7. The molecule has 17 rings (SSSR count). The van der Waals surface area contributed by atoms with E-state index in [1.165, 1.54) is 63.5 Å². The number of carbonyl (C=O) groups excluding carboxylic acids is 5. The van der Waals surface area contributed by atoms with E-state index >= 15 is 0 Å². The number of sulfonamides is 1. The van der Waals surface area contributed by atoms with Crippen LogP contribution in [0.4, 0.5) is 35.1 Å². The highest BCUT2D eigenvalue weighted by Crippen LogP contribution is 2.63. The maximum atomic E-state index is 13.6. The minimum atomic E-state index is -6.98. The number of benzene rings is 2. The van der Waals surface area contributed by atoms with E-state index in [4.69, 9.17) is 28.1 Å². The molecule has 0 aromatic heterocycles. The average Bonchev–Trinajstić information content (AvgIpc) is 0.787. The zero-order chi connectivity index (χ0) is 82.7. The van der Waals surface area contributed by atoms with Crippen LogP contribution in [0.2, 0.25) is 0 Å². The van der Waals surface area contributed by atoms with E-state index in [-0.39, 0.29) is 64.6 Å². The lowest BCUT2D eigenvalue weighted by Gasteiger charge is -2.59. The number of ether oxygens (including phenoxy) is 5. The standard InChI is InChI=1S/C30H38O7S.C24H34O7S.C13H18F2O5S.C8H11F6NO5S2/c1-29(22-5-16-3-17(7-22)8-23(29)6-16)36-27(31)20-13-21(15-26(14-20)38(33,34)35)28(32)37-30(2)24-9-18-4-19(11-24)12-25(30)10-18;25-23(30-13-11-18-7-3-1-4-8-18)20-15-21(17-22(16-20)32(27,28)29)24(26)31-14-12-19-9-5-2-6-10-19;14-13(15,21(17,18)19)11(16)20-7-12-4-8-1-9(5-12)3-10(2-8)6-12;9-6(10,8(13,14)22(18,19)20)7(11,12)21(16,17)15-4-2-1-3-5-15/h13-19,22-25H,3-12H2,1-2H3,(H,33,34,35);15-19H,1-14H2,(H,27,28,29);8-10H,1-7H2,(H,17,18,19);1-5H2,(H,18,19,20). The van der Waals surface area contributed by atoms with Crippen molar-refractivity contribution in [1.29, 1.82) is 0 Å². The van der Waals surface area contributed by atoms with Crippen molar-refractivity contribution in [2.75, 3.05) is 32.9 Å². The van der Waals surface area contributed by atoms with Crippen molar-refractivity contribution in [3.05, 3.63) is 58.7 Å². The third kappa shape index (κ3) is 19.2. The number of carbonyl (C=O) groups is 5. The van der Waals surface area contributed by atoms with E-state index in [1.807, 2.05) is 13.8 Å². The van der Waals surface area contributed by atoms with E-state index in [2.05, 4.69) is 4.74 Å². The molecule has 2 aromatic carbocycles. The molecule has 113 heavy (non-hydrogen) atoms. The van der Waals surface area contributed by atoms with E-state index in [0.29, 0.717) is 83.4 Å². The van der Waals surface area contributed by atoms with Gasteiger partial charge in [-0.2, -0.15) is 73.1 Å². The van der Waals surface area contributed by atoms with Gasteiger partial charge in [-0.25, -0.2) is 32.4 Å². The van der Waals surface area contributed by atoms with Gasteiger partial charge in [-0.3, -0.25) is 18.2 Å². The number of piperidine rings is 1. The predicted molar refractivity (Wildman–Crippen MR) is 386 cm³/mol. The molecule has 0 amide bonds. The number of rotatable bonds is 23. The summed E-state index contributed by atoms with van der Waals surface area (Å²) < 4.78 is 281. The molecule has 4 N–H and O–H groups in total. The van der Waals surface area contributed by atoms with Crippen LogP contribution in [0.25, 0.3) is 0 Å². The molecule has 1 heterocycles. The maximum absolute atomic E-state index is 13.6. The second-order valence-corrected chi connectivity index (χ2v) is 42.3. The molecule has 1 saturated heterocycles. The van der Waals surface area contributed by atoms with E-state index in [9.17, 15) is 110 Å². The van der Waals surface area contributed by atoms with Crippen molar-refractivity contribution in [2.24, 2.45) is 82.3 Å². The smallest absolute Gasteiger partial charge is 0.462 e. The quantitative estimate of drug-likeness (QED) is 0.0347.